The van der Waals surface area contributed by atoms with Gasteiger partial charge >= 0.3 is 0 Å². The van der Waals surface area contributed by atoms with Crippen LogP contribution >= 0.6 is 0 Å². The third-order valence-electron chi connectivity index (χ3n) is 5.50. The number of Topliss-reactive ketones (excluding diaryl/α,β-unsaturated/α-hetero) is 1. The van der Waals surface area contributed by atoms with Crippen molar-refractivity contribution in [1.82, 2.24) is 4.90 Å². The van der Waals surface area contributed by atoms with Gasteiger partial charge in [0.25, 0.3) is 11.7 Å². The molecule has 1 aliphatic heterocycles. The van der Waals surface area contributed by atoms with Crippen LogP contribution in [0.5, 0.6) is 17.2 Å². The number of furan rings is 1. The first-order valence-electron chi connectivity index (χ1n) is 10.2. The summed E-state index contributed by atoms with van der Waals surface area (Å²) in [5, 5.41) is 11.3. The quantitative estimate of drug-likeness (QED) is 0.332. The van der Waals surface area contributed by atoms with Crippen molar-refractivity contribution in [2.24, 2.45) is 0 Å². The Bertz CT molecular complexity index is 1210. The van der Waals surface area contributed by atoms with Gasteiger partial charge in [-0.1, -0.05) is 12.1 Å². The normalized spacial score (nSPS) is 17.3. The summed E-state index contributed by atoms with van der Waals surface area (Å²) in [6.45, 7) is 0.110. The van der Waals surface area contributed by atoms with Gasteiger partial charge in [-0.15, -0.1) is 0 Å². The van der Waals surface area contributed by atoms with Crippen LogP contribution in [0.3, 0.4) is 0 Å². The molecule has 0 saturated carbocycles. The van der Waals surface area contributed by atoms with Crippen LogP contribution in [0.25, 0.3) is 5.76 Å². The van der Waals surface area contributed by atoms with Crippen LogP contribution in [0.4, 0.5) is 0 Å². The summed E-state index contributed by atoms with van der Waals surface area (Å²) in [7, 11) is 4.49. The lowest BCUT2D eigenvalue weighted by molar-refractivity contribution is -0.140. The van der Waals surface area contributed by atoms with E-state index in [1.165, 1.54) is 25.4 Å². The van der Waals surface area contributed by atoms with E-state index in [0.29, 0.717) is 23.0 Å². The second-order valence-corrected chi connectivity index (χ2v) is 7.36. The van der Waals surface area contributed by atoms with Crippen molar-refractivity contribution in [2.45, 2.75) is 12.6 Å². The molecule has 0 bridgehead atoms. The van der Waals surface area contributed by atoms with E-state index in [4.69, 9.17) is 18.6 Å². The molecule has 1 atom stereocenters. The molecule has 33 heavy (non-hydrogen) atoms. The molecule has 8 heteroatoms. The molecular weight excluding hydrogens is 426 g/mol. The molecule has 1 N–H and O–H groups in total. The van der Waals surface area contributed by atoms with E-state index in [1.54, 1.807) is 55.6 Å². The van der Waals surface area contributed by atoms with Gasteiger partial charge in [0.1, 0.15) is 34.8 Å². The van der Waals surface area contributed by atoms with E-state index in [9.17, 15) is 14.7 Å². The van der Waals surface area contributed by atoms with Gasteiger partial charge in [0.15, 0.2) is 0 Å². The Kier molecular flexibility index (Phi) is 6.08. The summed E-state index contributed by atoms with van der Waals surface area (Å²) in [4.78, 5) is 27.6. The molecule has 170 valence electrons. The van der Waals surface area contributed by atoms with Crippen molar-refractivity contribution in [3.63, 3.8) is 0 Å². The topological polar surface area (TPSA) is 98.4 Å². The van der Waals surface area contributed by atoms with E-state index in [1.807, 2.05) is 6.07 Å². The lowest BCUT2D eigenvalue weighted by Crippen LogP contribution is -2.29. The van der Waals surface area contributed by atoms with E-state index in [2.05, 4.69) is 0 Å². The van der Waals surface area contributed by atoms with Crippen LogP contribution in [0, 0.1) is 0 Å². The minimum atomic E-state index is -0.929. The van der Waals surface area contributed by atoms with Gasteiger partial charge in [-0.05, 0) is 48.0 Å². The number of amides is 1. The Labute approximate surface area is 190 Å². The Morgan fingerprint density at radius 2 is 1.73 bits per heavy atom. The molecule has 1 fully saturated rings. The summed E-state index contributed by atoms with van der Waals surface area (Å²) >= 11 is 0. The fourth-order valence-electron chi connectivity index (χ4n) is 3.90. The molecule has 1 saturated heterocycles. The highest BCUT2D eigenvalue weighted by atomic mass is 16.5. The molecule has 1 amide bonds. The van der Waals surface area contributed by atoms with Gasteiger partial charge in [-0.25, -0.2) is 0 Å². The summed E-state index contributed by atoms with van der Waals surface area (Å²) in [6.07, 6.45) is 1.45. The third kappa shape index (κ3) is 4.03. The number of ether oxygens (including phenoxy) is 3. The predicted molar refractivity (Wildman–Crippen MR) is 119 cm³/mol. The lowest BCUT2D eigenvalue weighted by Gasteiger charge is -2.23. The highest BCUT2D eigenvalue weighted by molar-refractivity contribution is 6.46. The Hall–Kier alpha value is -4.20. The number of rotatable bonds is 7. The first-order valence-corrected chi connectivity index (χ1v) is 10.2. The number of carbonyl (C=O) groups is 2. The van der Waals surface area contributed by atoms with E-state index >= 15 is 0 Å². The first-order chi connectivity index (χ1) is 16.0. The molecule has 2 heterocycles. The van der Waals surface area contributed by atoms with Crippen molar-refractivity contribution < 1.29 is 33.3 Å². The van der Waals surface area contributed by atoms with Crippen LogP contribution < -0.4 is 14.2 Å². The molecule has 3 aromatic rings. The number of ketones is 1. The SMILES string of the molecule is COc1cccc(CN2C(=O)C(=O)/C(=C(\O)c3cc(OC)ccc3OC)C2c2ccco2)c1. The van der Waals surface area contributed by atoms with Gasteiger partial charge in [0.05, 0.1) is 38.7 Å². The molecule has 0 aliphatic carbocycles. The summed E-state index contributed by atoms with van der Waals surface area (Å²) in [5.74, 6) is -0.189. The molecule has 2 aromatic carbocycles. The summed E-state index contributed by atoms with van der Waals surface area (Å²) in [5.41, 5.74) is 0.893. The van der Waals surface area contributed by atoms with Gasteiger partial charge in [0.2, 0.25) is 0 Å². The molecular formula is C25H23NO7. The lowest BCUT2D eigenvalue weighted by atomic mass is 9.98. The van der Waals surface area contributed by atoms with Crippen molar-refractivity contribution in [3.05, 3.63) is 83.3 Å². The van der Waals surface area contributed by atoms with Gasteiger partial charge < -0.3 is 28.6 Å². The van der Waals surface area contributed by atoms with Crippen LogP contribution in [-0.4, -0.2) is 43.0 Å². The first kappa shape index (κ1) is 22.0. The van der Waals surface area contributed by atoms with Crippen LogP contribution in [0.15, 0.2) is 70.9 Å². The minimum Gasteiger partial charge on any atom is -0.507 e. The number of aliphatic hydroxyl groups excluding tert-OH is 1. The highest BCUT2D eigenvalue weighted by Gasteiger charge is 2.47. The van der Waals surface area contributed by atoms with E-state index in [0.717, 1.165) is 5.56 Å². The number of hydrogen-bond acceptors (Lipinski definition) is 7. The average molecular weight is 449 g/mol. The molecule has 8 nitrogen and oxygen atoms in total. The van der Waals surface area contributed by atoms with Crippen molar-refractivity contribution >= 4 is 17.4 Å². The van der Waals surface area contributed by atoms with Crippen molar-refractivity contribution in [3.8, 4) is 17.2 Å². The molecule has 1 aliphatic rings. The predicted octanol–water partition coefficient (Wildman–Crippen LogP) is 3.93. The number of benzene rings is 2. The maximum Gasteiger partial charge on any atom is 0.296 e. The van der Waals surface area contributed by atoms with Crippen LogP contribution in [0.2, 0.25) is 0 Å². The van der Waals surface area contributed by atoms with Crippen molar-refractivity contribution in [2.75, 3.05) is 21.3 Å². The number of likely N-dealkylation sites (tertiary alicyclic amines) is 1. The maximum atomic E-state index is 13.2. The fraction of sp³-hybridized carbons (Fsp3) is 0.200. The Balaban J connectivity index is 1.86. The number of aliphatic hydroxyl groups is 1. The summed E-state index contributed by atoms with van der Waals surface area (Å²) in [6, 6.07) is 14.4. The minimum absolute atomic E-state index is 0.0931. The van der Waals surface area contributed by atoms with Crippen molar-refractivity contribution in [1.29, 1.82) is 0 Å². The smallest absolute Gasteiger partial charge is 0.296 e. The standard InChI is InChI=1S/C25H23NO7/c1-30-16-7-4-6-15(12-16)14-26-22(20-8-5-11-33-20)21(24(28)25(26)29)23(27)18-13-17(31-2)9-10-19(18)32-3/h4-13,22,27H,14H2,1-3H3/b23-21-. The second kappa shape index (κ2) is 9.12. The zero-order chi connectivity index (χ0) is 23.5. The van der Waals surface area contributed by atoms with Crippen LogP contribution in [-0.2, 0) is 16.1 Å². The number of hydrogen-bond donors (Lipinski definition) is 1. The van der Waals surface area contributed by atoms with Gasteiger partial charge in [0, 0.05) is 6.54 Å². The van der Waals surface area contributed by atoms with Crippen LogP contribution in [0.1, 0.15) is 22.9 Å². The number of methoxy groups -OCH3 is 3. The average Bonchev–Trinajstić information content (AvgIpc) is 3.46. The van der Waals surface area contributed by atoms with Gasteiger partial charge in [-0.2, -0.15) is 0 Å². The monoisotopic (exact) mass is 449 g/mol. The summed E-state index contributed by atoms with van der Waals surface area (Å²) < 4.78 is 21.5. The number of nitrogens with zero attached hydrogens (tertiary/aromatic N) is 1. The molecule has 0 radical (unpaired) electrons. The highest BCUT2D eigenvalue weighted by Crippen LogP contribution is 2.42. The third-order valence-corrected chi connectivity index (χ3v) is 5.50. The second-order valence-electron chi connectivity index (χ2n) is 7.36. The molecule has 4 rings (SSSR count). The zero-order valence-electron chi connectivity index (χ0n) is 18.4. The largest absolute Gasteiger partial charge is 0.507 e. The zero-order valence-corrected chi connectivity index (χ0v) is 18.4. The fourth-order valence-corrected chi connectivity index (χ4v) is 3.90. The van der Waals surface area contributed by atoms with E-state index in [-0.39, 0.29) is 23.4 Å². The number of carbonyl (C=O) groups excluding carboxylic acids is 2. The Morgan fingerprint density at radius 1 is 0.970 bits per heavy atom. The molecule has 0 spiro atoms. The Morgan fingerprint density at radius 3 is 2.39 bits per heavy atom. The molecule has 1 aromatic heterocycles. The van der Waals surface area contributed by atoms with E-state index < -0.39 is 17.7 Å². The van der Waals surface area contributed by atoms with Gasteiger partial charge in [-0.3, -0.25) is 9.59 Å². The maximum absolute atomic E-state index is 13.2. The molecule has 1 unspecified atom stereocenters.